The predicted molar refractivity (Wildman–Crippen MR) is 103 cm³/mol. The van der Waals surface area contributed by atoms with Crippen molar-refractivity contribution in [2.75, 3.05) is 5.06 Å². The molecule has 0 spiro atoms. The number of ether oxygens (including phenoxy) is 1. The van der Waals surface area contributed by atoms with Crippen molar-refractivity contribution < 1.29 is 9.57 Å². The minimum atomic E-state index is -0.220. The minimum Gasteiger partial charge on any atom is -0.345 e. The maximum absolute atomic E-state index is 6.12. The maximum atomic E-state index is 6.12. The van der Waals surface area contributed by atoms with Gasteiger partial charge in [-0.05, 0) is 44.9 Å². The molecule has 0 bridgehead atoms. The first kappa shape index (κ1) is 17.7. The number of anilines is 1. The molecule has 2 atom stereocenters. The first-order chi connectivity index (χ1) is 12.0. The summed E-state index contributed by atoms with van der Waals surface area (Å²) in [6.45, 7) is 6.18. The molecule has 25 heavy (non-hydrogen) atoms. The number of para-hydroxylation sites is 1. The molecule has 1 heterocycles. The first-order valence-corrected chi connectivity index (χ1v) is 8.92. The average molecular weight is 337 g/mol. The summed E-state index contributed by atoms with van der Waals surface area (Å²) in [5.41, 5.74) is 2.07. The van der Waals surface area contributed by atoms with Crippen LogP contribution in [-0.4, -0.2) is 17.9 Å². The zero-order valence-electron chi connectivity index (χ0n) is 15.3. The second-order valence-electron chi connectivity index (χ2n) is 7.36. The van der Waals surface area contributed by atoms with E-state index in [0.717, 1.165) is 18.5 Å². The van der Waals surface area contributed by atoms with Crippen molar-refractivity contribution in [1.82, 2.24) is 0 Å². The Labute approximate surface area is 150 Å². The summed E-state index contributed by atoms with van der Waals surface area (Å²) in [4.78, 5) is 6.12. The van der Waals surface area contributed by atoms with Gasteiger partial charge in [-0.15, -0.1) is 0 Å². The van der Waals surface area contributed by atoms with Crippen LogP contribution >= 0.6 is 0 Å². The van der Waals surface area contributed by atoms with Gasteiger partial charge in [0, 0.05) is 6.42 Å². The molecule has 1 aliphatic rings. The second-order valence-corrected chi connectivity index (χ2v) is 7.36. The van der Waals surface area contributed by atoms with Crippen molar-refractivity contribution in [2.24, 2.45) is 0 Å². The van der Waals surface area contributed by atoms with E-state index in [-0.39, 0.29) is 17.9 Å². The van der Waals surface area contributed by atoms with Crippen LogP contribution < -0.4 is 5.06 Å². The zero-order chi connectivity index (χ0) is 17.7. The van der Waals surface area contributed by atoms with Crippen molar-refractivity contribution in [3.8, 4) is 0 Å². The molecule has 0 aromatic heterocycles. The zero-order valence-corrected chi connectivity index (χ0v) is 15.3. The van der Waals surface area contributed by atoms with Crippen molar-refractivity contribution in [3.05, 3.63) is 72.3 Å². The third-order valence-corrected chi connectivity index (χ3v) is 4.04. The van der Waals surface area contributed by atoms with Gasteiger partial charge in [0.2, 0.25) is 0 Å². The first-order valence-electron chi connectivity index (χ1n) is 8.92. The summed E-state index contributed by atoms with van der Waals surface area (Å²) in [6, 6.07) is 20.9. The maximum Gasteiger partial charge on any atom is 0.186 e. The fourth-order valence-corrected chi connectivity index (χ4v) is 3.00. The Morgan fingerprint density at radius 2 is 1.68 bits per heavy atom. The molecular weight excluding hydrogens is 310 g/mol. The van der Waals surface area contributed by atoms with E-state index in [0.29, 0.717) is 0 Å². The van der Waals surface area contributed by atoms with E-state index in [4.69, 9.17) is 9.57 Å². The van der Waals surface area contributed by atoms with Crippen LogP contribution in [0.3, 0.4) is 0 Å². The lowest BCUT2D eigenvalue weighted by atomic mass is 10.1. The van der Waals surface area contributed by atoms with Gasteiger partial charge in [0.05, 0.1) is 17.3 Å². The topological polar surface area (TPSA) is 21.7 Å². The number of rotatable bonds is 5. The lowest BCUT2D eigenvalue weighted by Gasteiger charge is -2.26. The predicted octanol–water partition coefficient (Wildman–Crippen LogP) is 5.44. The van der Waals surface area contributed by atoms with Crippen LogP contribution in [0.4, 0.5) is 5.69 Å². The fraction of sp³-hybridized carbons (Fsp3) is 0.364. The van der Waals surface area contributed by atoms with Gasteiger partial charge in [0.1, 0.15) is 0 Å². The highest BCUT2D eigenvalue weighted by atomic mass is 16.8. The summed E-state index contributed by atoms with van der Waals surface area (Å²) in [5.74, 6) is 0. The van der Waals surface area contributed by atoms with Gasteiger partial charge in [0.15, 0.2) is 6.29 Å². The molecule has 0 N–H and O–H groups in total. The third kappa shape index (κ3) is 5.18. The molecule has 1 aliphatic heterocycles. The largest absolute Gasteiger partial charge is 0.345 e. The van der Waals surface area contributed by atoms with Gasteiger partial charge >= 0.3 is 0 Å². The second kappa shape index (κ2) is 7.85. The van der Waals surface area contributed by atoms with Crippen LogP contribution in [0.25, 0.3) is 6.08 Å². The van der Waals surface area contributed by atoms with Gasteiger partial charge in [0.25, 0.3) is 0 Å². The smallest absolute Gasteiger partial charge is 0.186 e. The SMILES string of the molecule is CC(C)(C)OC1CC(C/C=C/c2ccccc2)N(c2ccccc2)O1. The molecule has 3 heteroatoms. The van der Waals surface area contributed by atoms with E-state index >= 15 is 0 Å². The van der Waals surface area contributed by atoms with E-state index in [1.165, 1.54) is 5.56 Å². The van der Waals surface area contributed by atoms with Gasteiger partial charge in [-0.3, -0.25) is 0 Å². The average Bonchev–Trinajstić information content (AvgIpc) is 2.97. The molecule has 0 radical (unpaired) electrons. The molecule has 3 nitrogen and oxygen atoms in total. The number of hydrogen-bond donors (Lipinski definition) is 0. The van der Waals surface area contributed by atoms with Crippen LogP contribution in [0.2, 0.25) is 0 Å². The molecule has 0 aliphatic carbocycles. The fourth-order valence-electron chi connectivity index (χ4n) is 3.00. The number of benzene rings is 2. The molecule has 2 unspecified atom stereocenters. The standard InChI is InChI=1S/C22H27NO2/c1-22(2,3)24-21-17-20(16-10-13-18-11-6-4-7-12-18)23(25-21)19-14-8-5-9-15-19/h4-15,20-21H,16-17H2,1-3H3/b13-10+. The summed E-state index contributed by atoms with van der Waals surface area (Å²) in [6.07, 6.45) is 5.94. The van der Waals surface area contributed by atoms with E-state index in [2.05, 4.69) is 69.3 Å². The Balaban J connectivity index is 1.70. The van der Waals surface area contributed by atoms with Crippen molar-refractivity contribution in [1.29, 1.82) is 0 Å². The highest BCUT2D eigenvalue weighted by molar-refractivity contribution is 5.49. The molecular formula is C22H27NO2. The van der Waals surface area contributed by atoms with Gasteiger partial charge in [-0.1, -0.05) is 60.7 Å². The number of hydroxylamine groups is 1. The van der Waals surface area contributed by atoms with Crippen molar-refractivity contribution >= 4 is 11.8 Å². The van der Waals surface area contributed by atoms with Crippen LogP contribution in [0, 0.1) is 0 Å². The molecule has 3 rings (SSSR count). The van der Waals surface area contributed by atoms with Gasteiger partial charge in [-0.25, -0.2) is 9.90 Å². The highest BCUT2D eigenvalue weighted by Crippen LogP contribution is 2.32. The van der Waals surface area contributed by atoms with E-state index < -0.39 is 0 Å². The number of nitrogens with zero attached hydrogens (tertiary/aromatic N) is 1. The molecule has 1 saturated heterocycles. The quantitative estimate of drug-likeness (QED) is 0.725. The lowest BCUT2D eigenvalue weighted by molar-refractivity contribution is -0.176. The number of hydrogen-bond acceptors (Lipinski definition) is 3. The normalized spacial score (nSPS) is 21.2. The van der Waals surface area contributed by atoms with Crippen molar-refractivity contribution in [2.45, 2.75) is 51.5 Å². The summed E-state index contributed by atoms with van der Waals surface area (Å²) in [7, 11) is 0. The molecule has 132 valence electrons. The molecule has 0 amide bonds. The summed E-state index contributed by atoms with van der Waals surface area (Å²) in [5, 5.41) is 2.01. The molecule has 2 aromatic carbocycles. The molecule has 1 fully saturated rings. The van der Waals surface area contributed by atoms with E-state index in [1.54, 1.807) is 0 Å². The molecule has 0 saturated carbocycles. The van der Waals surface area contributed by atoms with Crippen LogP contribution in [0.15, 0.2) is 66.7 Å². The van der Waals surface area contributed by atoms with Crippen LogP contribution in [0.1, 0.15) is 39.2 Å². The Morgan fingerprint density at radius 3 is 2.32 bits per heavy atom. The van der Waals surface area contributed by atoms with E-state index in [1.807, 2.05) is 29.3 Å². The Bertz CT molecular complexity index is 676. The monoisotopic (exact) mass is 337 g/mol. The van der Waals surface area contributed by atoms with E-state index in [9.17, 15) is 0 Å². The Kier molecular flexibility index (Phi) is 5.57. The highest BCUT2D eigenvalue weighted by Gasteiger charge is 2.35. The summed E-state index contributed by atoms with van der Waals surface area (Å²) >= 11 is 0. The van der Waals surface area contributed by atoms with Crippen LogP contribution in [0.5, 0.6) is 0 Å². The Hall–Kier alpha value is -2.10. The third-order valence-electron chi connectivity index (χ3n) is 4.04. The Morgan fingerprint density at radius 1 is 1.04 bits per heavy atom. The van der Waals surface area contributed by atoms with Crippen molar-refractivity contribution in [3.63, 3.8) is 0 Å². The molecule has 2 aromatic rings. The van der Waals surface area contributed by atoms with Gasteiger partial charge in [-0.2, -0.15) is 0 Å². The lowest BCUT2D eigenvalue weighted by Crippen LogP contribution is -2.29. The summed E-state index contributed by atoms with van der Waals surface area (Å²) < 4.78 is 6.06. The minimum absolute atomic E-state index is 0.213. The van der Waals surface area contributed by atoms with Crippen LogP contribution in [-0.2, 0) is 9.57 Å². The van der Waals surface area contributed by atoms with Gasteiger partial charge < -0.3 is 4.74 Å².